The fourth-order valence-corrected chi connectivity index (χ4v) is 3.00. The molecule has 0 fully saturated rings. The van der Waals surface area contributed by atoms with Crippen LogP contribution in [0.15, 0.2) is 18.3 Å². The summed E-state index contributed by atoms with van der Waals surface area (Å²) in [6.45, 7) is 1.94. The topological polar surface area (TPSA) is 77.7 Å². The van der Waals surface area contributed by atoms with Gasteiger partial charge < -0.3 is 20.1 Å². The first kappa shape index (κ1) is 15.7. The number of aromatic nitrogens is 1. The van der Waals surface area contributed by atoms with Crippen molar-refractivity contribution in [1.29, 1.82) is 0 Å². The molecule has 0 spiro atoms. The van der Waals surface area contributed by atoms with Crippen molar-refractivity contribution in [2.75, 3.05) is 46.3 Å². The van der Waals surface area contributed by atoms with Crippen LogP contribution in [0.4, 0.5) is 5.69 Å². The molecule has 2 heterocycles. The summed E-state index contributed by atoms with van der Waals surface area (Å²) in [6, 6.07) is 3.69. The Morgan fingerprint density at radius 1 is 1.33 bits per heavy atom. The summed E-state index contributed by atoms with van der Waals surface area (Å²) in [5.74, 6) is -0.107. The molecule has 6 nitrogen and oxygen atoms in total. The Morgan fingerprint density at radius 3 is 2.57 bits per heavy atom. The summed E-state index contributed by atoms with van der Waals surface area (Å²) >= 11 is 1.32. The van der Waals surface area contributed by atoms with Crippen LogP contribution in [0.2, 0.25) is 0 Å². The molecule has 0 bridgehead atoms. The van der Waals surface area contributed by atoms with Crippen molar-refractivity contribution in [3.63, 3.8) is 0 Å². The molecule has 21 heavy (non-hydrogen) atoms. The smallest absolute Gasteiger partial charge is 0.266 e. The molecule has 2 rings (SSSR count). The van der Waals surface area contributed by atoms with Crippen molar-refractivity contribution in [1.82, 2.24) is 9.88 Å². The van der Waals surface area contributed by atoms with Crippen LogP contribution in [0.3, 0.4) is 0 Å². The van der Waals surface area contributed by atoms with Gasteiger partial charge in [0.15, 0.2) is 0 Å². The molecule has 0 saturated carbocycles. The standard InChI is InChI=1S/C14H19N3O3S/c1-19-8-6-17(7-9-20-2)14(18)12-11(15)10-4-3-5-16-13(10)21-12/h3-5H,6-9,15H2,1-2H3. The van der Waals surface area contributed by atoms with Crippen LogP contribution in [0.1, 0.15) is 9.67 Å². The molecule has 0 aliphatic heterocycles. The van der Waals surface area contributed by atoms with Gasteiger partial charge in [-0.2, -0.15) is 0 Å². The number of amides is 1. The van der Waals surface area contributed by atoms with Gasteiger partial charge in [-0.1, -0.05) is 0 Å². The second-order valence-electron chi connectivity index (χ2n) is 4.48. The van der Waals surface area contributed by atoms with Crippen LogP contribution in [0.5, 0.6) is 0 Å². The van der Waals surface area contributed by atoms with Gasteiger partial charge in [-0.05, 0) is 12.1 Å². The summed E-state index contributed by atoms with van der Waals surface area (Å²) in [5.41, 5.74) is 6.59. The van der Waals surface area contributed by atoms with Gasteiger partial charge in [0, 0.05) is 38.9 Å². The van der Waals surface area contributed by atoms with Gasteiger partial charge in [0.1, 0.15) is 9.71 Å². The molecular formula is C14H19N3O3S. The maximum Gasteiger partial charge on any atom is 0.266 e. The van der Waals surface area contributed by atoms with E-state index >= 15 is 0 Å². The first-order valence-corrected chi connectivity index (χ1v) is 7.40. The van der Waals surface area contributed by atoms with Crippen molar-refractivity contribution in [3.8, 4) is 0 Å². The Balaban J connectivity index is 2.26. The van der Waals surface area contributed by atoms with Gasteiger partial charge in [-0.3, -0.25) is 4.79 Å². The van der Waals surface area contributed by atoms with E-state index in [9.17, 15) is 4.79 Å². The minimum atomic E-state index is -0.107. The zero-order chi connectivity index (χ0) is 15.2. The van der Waals surface area contributed by atoms with Crippen molar-refractivity contribution < 1.29 is 14.3 Å². The summed E-state index contributed by atoms with van der Waals surface area (Å²) in [4.78, 5) is 19.9. The molecular weight excluding hydrogens is 290 g/mol. The Labute approximate surface area is 127 Å². The molecule has 2 N–H and O–H groups in total. The molecule has 114 valence electrons. The Bertz CT molecular complexity index is 607. The maximum atomic E-state index is 12.7. The highest BCUT2D eigenvalue weighted by molar-refractivity contribution is 7.21. The van der Waals surface area contributed by atoms with Crippen molar-refractivity contribution in [2.24, 2.45) is 0 Å². The van der Waals surface area contributed by atoms with Crippen LogP contribution >= 0.6 is 11.3 Å². The second kappa shape index (κ2) is 7.35. The van der Waals surface area contributed by atoms with E-state index in [0.29, 0.717) is 36.9 Å². The molecule has 0 aliphatic rings. The first-order valence-electron chi connectivity index (χ1n) is 6.59. The van der Waals surface area contributed by atoms with E-state index in [0.717, 1.165) is 10.2 Å². The van der Waals surface area contributed by atoms with Crippen molar-refractivity contribution in [3.05, 3.63) is 23.2 Å². The lowest BCUT2D eigenvalue weighted by molar-refractivity contribution is 0.0633. The number of nitrogens with two attached hydrogens (primary N) is 1. The van der Waals surface area contributed by atoms with Gasteiger partial charge in [0.2, 0.25) is 0 Å². The Kier molecular flexibility index (Phi) is 5.49. The van der Waals surface area contributed by atoms with Crippen LogP contribution < -0.4 is 5.73 Å². The number of methoxy groups -OCH3 is 2. The number of hydrogen-bond donors (Lipinski definition) is 1. The fraction of sp³-hybridized carbons (Fsp3) is 0.429. The number of nitrogen functional groups attached to an aromatic ring is 1. The molecule has 0 saturated heterocycles. The zero-order valence-electron chi connectivity index (χ0n) is 12.2. The third kappa shape index (κ3) is 3.49. The molecule has 0 aliphatic carbocycles. The molecule has 7 heteroatoms. The van der Waals surface area contributed by atoms with E-state index in [-0.39, 0.29) is 5.91 Å². The third-order valence-corrected chi connectivity index (χ3v) is 4.23. The van der Waals surface area contributed by atoms with Gasteiger partial charge in [-0.25, -0.2) is 4.98 Å². The summed E-state index contributed by atoms with van der Waals surface area (Å²) < 4.78 is 10.1. The predicted molar refractivity (Wildman–Crippen MR) is 83.7 cm³/mol. The molecule has 0 radical (unpaired) electrons. The number of anilines is 1. The van der Waals surface area contributed by atoms with Gasteiger partial charge >= 0.3 is 0 Å². The van der Waals surface area contributed by atoms with Gasteiger partial charge in [0.05, 0.1) is 18.9 Å². The highest BCUT2D eigenvalue weighted by Gasteiger charge is 2.22. The zero-order valence-corrected chi connectivity index (χ0v) is 13.0. The minimum absolute atomic E-state index is 0.107. The SMILES string of the molecule is COCCN(CCOC)C(=O)c1sc2ncccc2c1N. The average Bonchev–Trinajstić information content (AvgIpc) is 2.84. The van der Waals surface area contributed by atoms with E-state index in [2.05, 4.69) is 4.98 Å². The molecule has 0 unspecified atom stereocenters. The summed E-state index contributed by atoms with van der Waals surface area (Å²) in [5, 5.41) is 0.823. The lowest BCUT2D eigenvalue weighted by atomic mass is 10.2. The first-order chi connectivity index (χ1) is 10.2. The number of fused-ring (bicyclic) bond motifs is 1. The Morgan fingerprint density at radius 2 is 2.00 bits per heavy atom. The van der Waals surface area contributed by atoms with E-state index in [1.54, 1.807) is 25.3 Å². The number of hydrogen-bond acceptors (Lipinski definition) is 6. The van der Waals surface area contributed by atoms with Gasteiger partial charge in [-0.15, -0.1) is 11.3 Å². The quantitative estimate of drug-likeness (QED) is 0.841. The Hall–Kier alpha value is -1.70. The lowest BCUT2D eigenvalue weighted by Gasteiger charge is -2.21. The highest BCUT2D eigenvalue weighted by Crippen LogP contribution is 2.32. The van der Waals surface area contributed by atoms with E-state index < -0.39 is 0 Å². The molecule has 0 atom stereocenters. The van der Waals surface area contributed by atoms with Crippen LogP contribution in [0, 0.1) is 0 Å². The summed E-state index contributed by atoms with van der Waals surface area (Å²) in [6.07, 6.45) is 1.69. The number of pyridine rings is 1. The number of nitrogens with zero attached hydrogens (tertiary/aromatic N) is 2. The number of thiophene rings is 1. The molecule has 2 aromatic heterocycles. The van der Waals surface area contributed by atoms with Crippen LogP contribution in [0.25, 0.3) is 10.2 Å². The fourth-order valence-electron chi connectivity index (χ4n) is 1.97. The molecule has 0 aromatic carbocycles. The predicted octanol–water partition coefficient (Wildman–Crippen LogP) is 1.61. The maximum absolute atomic E-state index is 12.7. The lowest BCUT2D eigenvalue weighted by Crippen LogP contribution is -2.36. The highest BCUT2D eigenvalue weighted by atomic mass is 32.1. The number of carbonyl (C=O) groups is 1. The molecule has 2 aromatic rings. The van der Waals surface area contributed by atoms with Crippen molar-refractivity contribution >= 4 is 33.1 Å². The number of rotatable bonds is 7. The number of carbonyl (C=O) groups excluding carboxylic acids is 1. The van der Waals surface area contributed by atoms with Crippen molar-refractivity contribution in [2.45, 2.75) is 0 Å². The normalized spacial score (nSPS) is 11.0. The van der Waals surface area contributed by atoms with E-state index in [4.69, 9.17) is 15.2 Å². The second-order valence-corrected chi connectivity index (χ2v) is 5.48. The van der Waals surface area contributed by atoms with Crippen LogP contribution in [-0.4, -0.2) is 56.3 Å². The molecule has 1 amide bonds. The van der Waals surface area contributed by atoms with Gasteiger partial charge in [0.25, 0.3) is 5.91 Å². The largest absolute Gasteiger partial charge is 0.397 e. The van der Waals surface area contributed by atoms with Crippen LogP contribution in [-0.2, 0) is 9.47 Å². The minimum Gasteiger partial charge on any atom is -0.397 e. The van der Waals surface area contributed by atoms with E-state index in [1.807, 2.05) is 12.1 Å². The third-order valence-electron chi connectivity index (χ3n) is 3.12. The number of ether oxygens (including phenoxy) is 2. The summed E-state index contributed by atoms with van der Waals surface area (Å²) in [7, 11) is 3.22. The average molecular weight is 309 g/mol. The monoisotopic (exact) mass is 309 g/mol. The van der Waals surface area contributed by atoms with E-state index in [1.165, 1.54) is 11.3 Å².